The molecule has 6 nitrogen and oxygen atoms in total. The normalized spacial score (nSPS) is 10.1. The lowest BCUT2D eigenvalue weighted by Crippen LogP contribution is -2.19. The molecule has 8 heteroatoms. The third-order valence-electron chi connectivity index (χ3n) is 3.68. The van der Waals surface area contributed by atoms with Crippen LogP contribution in [0.2, 0.25) is 0 Å². The van der Waals surface area contributed by atoms with Crippen LogP contribution in [0.4, 0.5) is 0 Å². The van der Waals surface area contributed by atoms with Gasteiger partial charge in [0.25, 0.3) is 0 Å². The molecule has 0 spiro atoms. The van der Waals surface area contributed by atoms with Gasteiger partial charge in [-0.1, -0.05) is 62.7 Å². The Kier molecular flexibility index (Phi) is 8.48. The summed E-state index contributed by atoms with van der Waals surface area (Å²) in [6.07, 6.45) is -0.446. The maximum Gasteiger partial charge on any atom is 0.334 e. The molecular formula is C21H16Br2O6. The number of halogens is 2. The van der Waals surface area contributed by atoms with E-state index in [0.717, 1.165) is 8.95 Å². The third-order valence-corrected chi connectivity index (χ3v) is 4.73. The van der Waals surface area contributed by atoms with E-state index >= 15 is 0 Å². The van der Waals surface area contributed by atoms with Crippen LogP contribution < -0.4 is 0 Å². The van der Waals surface area contributed by atoms with E-state index in [1.54, 1.807) is 48.5 Å². The van der Waals surface area contributed by atoms with Crippen molar-refractivity contribution in [1.29, 1.82) is 0 Å². The lowest BCUT2D eigenvalue weighted by Gasteiger charge is -2.08. The van der Waals surface area contributed by atoms with E-state index in [1.807, 2.05) is 0 Å². The standard InChI is InChI=1S/C21H16Br2O6/c1-13(21(27)29-12-19(25)15-4-8-17(23)9-5-15)10-20(26)28-11-18(24)14-2-6-16(22)7-3-14/h2-9H,1,10-12H2. The van der Waals surface area contributed by atoms with Gasteiger partial charge in [0, 0.05) is 25.6 Å². The van der Waals surface area contributed by atoms with Gasteiger partial charge in [-0.25, -0.2) is 4.79 Å². The molecule has 29 heavy (non-hydrogen) atoms. The van der Waals surface area contributed by atoms with Crippen molar-refractivity contribution in [2.45, 2.75) is 6.42 Å². The second kappa shape index (κ2) is 10.8. The van der Waals surface area contributed by atoms with Crippen LogP contribution >= 0.6 is 31.9 Å². The van der Waals surface area contributed by atoms with Crippen molar-refractivity contribution in [3.8, 4) is 0 Å². The maximum absolute atomic E-state index is 12.0. The molecule has 0 saturated heterocycles. The number of benzene rings is 2. The monoisotopic (exact) mass is 522 g/mol. The van der Waals surface area contributed by atoms with Crippen molar-refractivity contribution in [1.82, 2.24) is 0 Å². The minimum atomic E-state index is -0.883. The predicted molar refractivity (Wildman–Crippen MR) is 113 cm³/mol. The van der Waals surface area contributed by atoms with E-state index in [-0.39, 0.29) is 17.1 Å². The van der Waals surface area contributed by atoms with Gasteiger partial charge in [-0.05, 0) is 24.3 Å². The fourth-order valence-electron chi connectivity index (χ4n) is 2.11. The van der Waals surface area contributed by atoms with Gasteiger partial charge in [0.2, 0.25) is 0 Å². The largest absolute Gasteiger partial charge is 0.457 e. The van der Waals surface area contributed by atoms with Gasteiger partial charge in [-0.3, -0.25) is 14.4 Å². The number of ether oxygens (including phenoxy) is 2. The van der Waals surface area contributed by atoms with Crippen molar-refractivity contribution in [2.24, 2.45) is 0 Å². The quantitative estimate of drug-likeness (QED) is 0.276. The molecule has 0 N–H and O–H groups in total. The zero-order valence-electron chi connectivity index (χ0n) is 15.2. The molecule has 2 rings (SSSR count). The zero-order chi connectivity index (χ0) is 21.4. The van der Waals surface area contributed by atoms with Crippen molar-refractivity contribution < 1.29 is 28.7 Å². The van der Waals surface area contributed by atoms with E-state index in [9.17, 15) is 19.2 Å². The summed E-state index contributed by atoms with van der Waals surface area (Å²) in [7, 11) is 0. The molecule has 0 bridgehead atoms. The van der Waals surface area contributed by atoms with Crippen LogP contribution in [0.3, 0.4) is 0 Å². The number of esters is 2. The van der Waals surface area contributed by atoms with Crippen LogP contribution in [-0.2, 0) is 19.1 Å². The molecular weight excluding hydrogens is 508 g/mol. The molecule has 0 unspecified atom stereocenters. The summed E-state index contributed by atoms with van der Waals surface area (Å²) in [6, 6.07) is 13.2. The average molecular weight is 524 g/mol. The Morgan fingerprint density at radius 1 is 0.724 bits per heavy atom. The van der Waals surface area contributed by atoms with E-state index in [4.69, 9.17) is 9.47 Å². The van der Waals surface area contributed by atoms with Crippen molar-refractivity contribution in [3.05, 3.63) is 80.8 Å². The Bertz CT molecular complexity index is 933. The first kappa shape index (κ1) is 22.7. The number of hydrogen-bond acceptors (Lipinski definition) is 6. The van der Waals surface area contributed by atoms with E-state index in [0.29, 0.717) is 11.1 Å². The molecule has 2 aromatic rings. The van der Waals surface area contributed by atoms with E-state index in [2.05, 4.69) is 38.4 Å². The topological polar surface area (TPSA) is 86.7 Å². The number of ketones is 2. The Morgan fingerprint density at radius 3 is 1.59 bits per heavy atom. The number of carbonyl (C=O) groups is 4. The molecule has 150 valence electrons. The van der Waals surface area contributed by atoms with Gasteiger partial charge in [-0.2, -0.15) is 0 Å². The van der Waals surface area contributed by atoms with Crippen molar-refractivity contribution in [2.75, 3.05) is 13.2 Å². The first-order valence-corrected chi connectivity index (χ1v) is 9.93. The van der Waals surface area contributed by atoms with Gasteiger partial charge >= 0.3 is 11.9 Å². The molecule has 0 aliphatic rings. The smallest absolute Gasteiger partial charge is 0.334 e. The molecule has 0 aromatic heterocycles. The third kappa shape index (κ3) is 7.40. The van der Waals surface area contributed by atoms with Crippen molar-refractivity contribution in [3.63, 3.8) is 0 Å². The highest BCUT2D eigenvalue weighted by molar-refractivity contribution is 9.10. The van der Waals surface area contributed by atoms with Crippen molar-refractivity contribution >= 4 is 55.4 Å². The van der Waals surface area contributed by atoms with Crippen LogP contribution in [0, 0.1) is 0 Å². The minimum Gasteiger partial charge on any atom is -0.457 e. The van der Waals surface area contributed by atoms with Crippen LogP contribution in [0.5, 0.6) is 0 Å². The fourth-order valence-corrected chi connectivity index (χ4v) is 2.64. The highest BCUT2D eigenvalue weighted by Gasteiger charge is 2.17. The Hall–Kier alpha value is -2.58. The molecule has 0 radical (unpaired) electrons. The average Bonchev–Trinajstić information content (AvgIpc) is 2.71. The molecule has 0 amide bonds. The fraction of sp³-hybridized carbons (Fsp3) is 0.143. The summed E-state index contributed by atoms with van der Waals surface area (Å²) in [5.74, 6) is -2.44. The second-order valence-corrected chi connectivity index (χ2v) is 7.71. The van der Waals surface area contributed by atoms with Gasteiger partial charge in [0.1, 0.15) is 0 Å². The van der Waals surface area contributed by atoms with Crippen LogP contribution in [-0.4, -0.2) is 36.7 Å². The summed E-state index contributed by atoms with van der Waals surface area (Å²) in [5.41, 5.74) is 0.609. The zero-order valence-corrected chi connectivity index (χ0v) is 18.3. The summed E-state index contributed by atoms with van der Waals surface area (Å²) >= 11 is 6.52. The van der Waals surface area contributed by atoms with Gasteiger partial charge in [0.05, 0.1) is 6.42 Å². The van der Waals surface area contributed by atoms with E-state index in [1.165, 1.54) is 0 Å². The molecule has 0 heterocycles. The summed E-state index contributed by atoms with van der Waals surface area (Å²) in [6.45, 7) is 2.54. The molecule has 0 fully saturated rings. The number of Topliss-reactive ketones (excluding diaryl/α,β-unsaturated/α-hetero) is 2. The Morgan fingerprint density at radius 2 is 1.14 bits per heavy atom. The minimum absolute atomic E-state index is 0.172. The van der Waals surface area contributed by atoms with Gasteiger partial charge < -0.3 is 9.47 Å². The highest BCUT2D eigenvalue weighted by atomic mass is 79.9. The molecule has 2 aromatic carbocycles. The van der Waals surface area contributed by atoms with Crippen LogP contribution in [0.1, 0.15) is 27.1 Å². The first-order chi connectivity index (χ1) is 13.8. The summed E-state index contributed by atoms with van der Waals surface area (Å²) < 4.78 is 11.4. The van der Waals surface area contributed by atoms with Crippen LogP contribution in [0.25, 0.3) is 0 Å². The second-order valence-electron chi connectivity index (χ2n) is 5.88. The van der Waals surface area contributed by atoms with Gasteiger partial charge in [-0.15, -0.1) is 0 Å². The highest BCUT2D eigenvalue weighted by Crippen LogP contribution is 2.13. The summed E-state index contributed by atoms with van der Waals surface area (Å²) in [4.78, 5) is 47.7. The predicted octanol–water partition coefficient (Wildman–Crippen LogP) is 4.31. The first-order valence-electron chi connectivity index (χ1n) is 8.34. The molecule has 0 saturated carbocycles. The van der Waals surface area contributed by atoms with Crippen LogP contribution in [0.15, 0.2) is 69.6 Å². The number of carbonyl (C=O) groups excluding carboxylic acids is 4. The van der Waals surface area contributed by atoms with E-state index < -0.39 is 31.6 Å². The molecule has 0 aliphatic carbocycles. The Balaban J connectivity index is 1.75. The summed E-state index contributed by atoms with van der Waals surface area (Å²) in [5, 5.41) is 0. The molecule has 0 atom stereocenters. The van der Waals surface area contributed by atoms with Gasteiger partial charge in [0.15, 0.2) is 24.8 Å². The maximum atomic E-state index is 12.0. The lowest BCUT2D eigenvalue weighted by molar-refractivity contribution is -0.145. The lowest BCUT2D eigenvalue weighted by atomic mass is 10.1. The number of rotatable bonds is 9. The SMILES string of the molecule is C=C(CC(=O)OCC(=O)c1ccc(Br)cc1)C(=O)OCC(=O)c1ccc(Br)cc1. The number of hydrogen-bond donors (Lipinski definition) is 0. The Labute approximate surface area is 184 Å². The molecule has 0 aliphatic heterocycles.